The minimum Gasteiger partial charge on any atom is -0.490 e. The predicted molar refractivity (Wildman–Crippen MR) is 162 cm³/mol. The molecule has 7 heteroatoms. The third-order valence-corrected chi connectivity index (χ3v) is 8.81. The molecule has 1 aliphatic heterocycles. The Labute approximate surface area is 240 Å². The molecular weight excluding hydrogens is 524 g/mol. The van der Waals surface area contributed by atoms with E-state index in [0.29, 0.717) is 11.2 Å². The predicted octanol–water partition coefficient (Wildman–Crippen LogP) is 7.95. The van der Waals surface area contributed by atoms with E-state index < -0.39 is 0 Å². The van der Waals surface area contributed by atoms with Crippen LogP contribution in [0.4, 0.5) is 5.69 Å². The Morgan fingerprint density at radius 3 is 2.46 bits per heavy atom. The summed E-state index contributed by atoms with van der Waals surface area (Å²) in [5.41, 5.74) is 7.62. The van der Waals surface area contributed by atoms with Gasteiger partial charge in [-0.2, -0.15) is 0 Å². The molecule has 39 heavy (non-hydrogen) atoms. The van der Waals surface area contributed by atoms with Gasteiger partial charge in [-0.3, -0.25) is 4.98 Å². The molecule has 1 N–H and O–H groups in total. The molecule has 2 aliphatic rings. The molecule has 3 heterocycles. The summed E-state index contributed by atoms with van der Waals surface area (Å²) in [5.74, 6) is 0.913. The van der Waals surface area contributed by atoms with Gasteiger partial charge in [-0.25, -0.2) is 0 Å². The monoisotopic (exact) mass is 556 g/mol. The highest BCUT2D eigenvalue weighted by molar-refractivity contribution is 7.80. The van der Waals surface area contributed by atoms with Crippen molar-refractivity contribution in [3.8, 4) is 11.4 Å². The Balaban J connectivity index is 1.43. The van der Waals surface area contributed by atoms with Crippen LogP contribution in [0.15, 0.2) is 72.9 Å². The smallest absolute Gasteiger partial charge is 0.174 e. The molecule has 2 fully saturated rings. The first-order valence-electron chi connectivity index (χ1n) is 13.6. The third kappa shape index (κ3) is 4.81. The highest BCUT2D eigenvalue weighted by Gasteiger charge is 2.42. The van der Waals surface area contributed by atoms with Crippen LogP contribution in [-0.4, -0.2) is 20.8 Å². The Kier molecular flexibility index (Phi) is 7.08. The van der Waals surface area contributed by atoms with E-state index in [1.165, 1.54) is 18.4 Å². The Morgan fingerprint density at radius 1 is 0.974 bits per heavy atom. The van der Waals surface area contributed by atoms with Gasteiger partial charge in [0.2, 0.25) is 0 Å². The van der Waals surface area contributed by atoms with Crippen LogP contribution in [0.1, 0.15) is 66.0 Å². The van der Waals surface area contributed by atoms with Gasteiger partial charge in [0.25, 0.3) is 0 Å². The molecule has 4 aromatic rings. The molecule has 0 bridgehead atoms. The Bertz CT molecular complexity index is 1490. The number of nitrogens with one attached hydrogen (secondary N) is 1. The van der Waals surface area contributed by atoms with Crippen LogP contribution in [0.2, 0.25) is 5.02 Å². The van der Waals surface area contributed by atoms with Crippen molar-refractivity contribution in [2.45, 2.75) is 64.6 Å². The molecule has 2 aromatic carbocycles. The maximum Gasteiger partial charge on any atom is 0.174 e. The topological polar surface area (TPSA) is 42.3 Å². The molecule has 0 radical (unpaired) electrons. The first-order valence-corrected chi connectivity index (χ1v) is 14.4. The fourth-order valence-corrected chi connectivity index (χ4v) is 6.64. The quantitative estimate of drug-likeness (QED) is 0.244. The van der Waals surface area contributed by atoms with Crippen LogP contribution >= 0.6 is 23.8 Å². The van der Waals surface area contributed by atoms with Crippen molar-refractivity contribution in [1.29, 1.82) is 0 Å². The zero-order valence-corrected chi connectivity index (χ0v) is 24.1. The second-order valence-corrected chi connectivity index (χ2v) is 11.4. The van der Waals surface area contributed by atoms with Crippen LogP contribution < -0.4 is 15.0 Å². The van der Waals surface area contributed by atoms with Crippen LogP contribution in [0, 0.1) is 20.8 Å². The van der Waals surface area contributed by atoms with Crippen molar-refractivity contribution >= 4 is 34.6 Å². The van der Waals surface area contributed by atoms with Crippen molar-refractivity contribution in [3.63, 3.8) is 0 Å². The number of halogens is 1. The maximum atomic E-state index is 6.53. The van der Waals surface area contributed by atoms with Gasteiger partial charge in [0.05, 0.1) is 23.9 Å². The molecule has 1 saturated heterocycles. The lowest BCUT2D eigenvalue weighted by Crippen LogP contribution is -2.29. The highest BCUT2D eigenvalue weighted by atomic mass is 35.5. The molecule has 6 rings (SSSR count). The van der Waals surface area contributed by atoms with Gasteiger partial charge >= 0.3 is 0 Å². The zero-order chi connectivity index (χ0) is 27.1. The summed E-state index contributed by atoms with van der Waals surface area (Å²) >= 11 is 12.5. The fourth-order valence-electron chi connectivity index (χ4n) is 6.13. The van der Waals surface area contributed by atoms with Crippen molar-refractivity contribution in [3.05, 3.63) is 106 Å². The van der Waals surface area contributed by atoms with Gasteiger partial charge in [-0.15, -0.1) is 0 Å². The number of ether oxygens (including phenoxy) is 1. The maximum absolute atomic E-state index is 6.53. The Hall–Kier alpha value is -3.35. The average molecular weight is 557 g/mol. The second-order valence-electron chi connectivity index (χ2n) is 10.6. The number of hydrogen-bond donors (Lipinski definition) is 1. The van der Waals surface area contributed by atoms with Crippen LogP contribution in [0.3, 0.4) is 0 Å². The molecular formula is C32H33ClN4OS. The number of nitrogens with zero attached hydrogens (tertiary/aromatic N) is 3. The van der Waals surface area contributed by atoms with Gasteiger partial charge in [0.1, 0.15) is 5.75 Å². The van der Waals surface area contributed by atoms with Gasteiger partial charge in [0.15, 0.2) is 5.11 Å². The number of aryl methyl sites for hydroxylation is 1. The van der Waals surface area contributed by atoms with E-state index in [9.17, 15) is 0 Å². The Morgan fingerprint density at radius 2 is 1.74 bits per heavy atom. The van der Waals surface area contributed by atoms with Crippen molar-refractivity contribution in [2.24, 2.45) is 0 Å². The van der Waals surface area contributed by atoms with Crippen molar-refractivity contribution < 1.29 is 4.74 Å². The summed E-state index contributed by atoms with van der Waals surface area (Å²) in [7, 11) is 0. The largest absolute Gasteiger partial charge is 0.490 e. The molecule has 1 saturated carbocycles. The molecule has 200 valence electrons. The molecule has 0 unspecified atom stereocenters. The summed E-state index contributed by atoms with van der Waals surface area (Å²) in [5, 5.41) is 5.04. The van der Waals surface area contributed by atoms with E-state index >= 15 is 0 Å². The van der Waals surface area contributed by atoms with Crippen molar-refractivity contribution in [2.75, 3.05) is 4.90 Å². The number of anilines is 1. The van der Waals surface area contributed by atoms with E-state index in [2.05, 4.69) is 78.0 Å². The number of benzene rings is 2. The van der Waals surface area contributed by atoms with Gasteiger partial charge < -0.3 is 19.5 Å². The van der Waals surface area contributed by atoms with Crippen LogP contribution in [-0.2, 0) is 0 Å². The molecule has 2 aromatic heterocycles. The lowest BCUT2D eigenvalue weighted by molar-refractivity contribution is 0.210. The summed E-state index contributed by atoms with van der Waals surface area (Å²) in [4.78, 5) is 6.95. The standard InChI is InChI=1S/C32H33ClN4OS/c1-20-19-26(22(3)36(20)29-13-8-11-27(33)21(29)2)31-30(28-12-6-7-18-34-28)35-32(39)37(31)23-14-16-25(17-15-23)38-24-9-4-5-10-24/h6-8,11-19,24,30-31H,4-5,9-10H2,1-3H3,(H,35,39)/t30-,31+/m1/s1. The minimum atomic E-state index is -0.109. The lowest BCUT2D eigenvalue weighted by atomic mass is 9.96. The SMILES string of the molecule is Cc1c(Cl)cccc1-n1c(C)cc([C@H]2[C@@H](c3ccccn3)NC(=S)N2c2ccc(OC3CCCC3)cc2)c1C. The lowest BCUT2D eigenvalue weighted by Gasteiger charge is -2.28. The first-order chi connectivity index (χ1) is 18.9. The normalized spacial score (nSPS) is 19.5. The summed E-state index contributed by atoms with van der Waals surface area (Å²) in [6.07, 6.45) is 6.94. The number of hydrogen-bond acceptors (Lipinski definition) is 3. The molecule has 0 spiro atoms. The molecule has 0 amide bonds. The van der Waals surface area contributed by atoms with Gasteiger partial charge in [-0.1, -0.05) is 23.7 Å². The fraction of sp³-hybridized carbons (Fsp3) is 0.312. The second kappa shape index (κ2) is 10.7. The van der Waals surface area contributed by atoms with Crippen LogP contribution in [0.25, 0.3) is 5.69 Å². The minimum absolute atomic E-state index is 0.0894. The van der Waals surface area contributed by atoms with Gasteiger partial charge in [0, 0.05) is 34.0 Å². The summed E-state index contributed by atoms with van der Waals surface area (Å²) in [6, 6.07) is 22.6. The number of thiocarbonyl (C=S) groups is 1. The van der Waals surface area contributed by atoms with E-state index in [0.717, 1.165) is 57.6 Å². The third-order valence-electron chi connectivity index (χ3n) is 8.09. The van der Waals surface area contributed by atoms with E-state index in [4.69, 9.17) is 33.5 Å². The van der Waals surface area contributed by atoms with Crippen LogP contribution in [0.5, 0.6) is 5.75 Å². The number of pyridine rings is 1. The molecule has 2 atom stereocenters. The molecule has 1 aliphatic carbocycles. The number of rotatable bonds is 6. The van der Waals surface area contributed by atoms with E-state index in [1.807, 2.05) is 30.5 Å². The van der Waals surface area contributed by atoms with Crippen molar-refractivity contribution in [1.82, 2.24) is 14.9 Å². The average Bonchev–Trinajstić information content (AvgIpc) is 3.65. The first kappa shape index (κ1) is 25.9. The van der Waals surface area contributed by atoms with Gasteiger partial charge in [-0.05, 0) is 124 Å². The zero-order valence-electron chi connectivity index (χ0n) is 22.5. The number of aromatic nitrogens is 2. The molecule has 5 nitrogen and oxygen atoms in total. The summed E-state index contributed by atoms with van der Waals surface area (Å²) in [6.45, 7) is 6.39. The highest BCUT2D eigenvalue weighted by Crippen LogP contribution is 2.44. The summed E-state index contributed by atoms with van der Waals surface area (Å²) < 4.78 is 8.53. The van der Waals surface area contributed by atoms with E-state index in [1.54, 1.807) is 0 Å². The van der Waals surface area contributed by atoms with E-state index in [-0.39, 0.29) is 12.1 Å².